The molecule has 2 atom stereocenters. The summed E-state index contributed by atoms with van der Waals surface area (Å²) in [6.07, 6.45) is 1.47. The zero-order valence-corrected chi connectivity index (χ0v) is 16.5. The minimum atomic E-state index is 0.00870. The van der Waals surface area contributed by atoms with Crippen LogP contribution in [0.3, 0.4) is 0 Å². The number of ether oxygens (including phenoxy) is 2. The van der Waals surface area contributed by atoms with Crippen LogP contribution in [-0.4, -0.2) is 38.1 Å². The van der Waals surface area contributed by atoms with E-state index in [1.165, 1.54) is 0 Å². The van der Waals surface area contributed by atoms with Crippen LogP contribution in [-0.2, 0) is 17.8 Å². The molecule has 2 aromatic rings. The maximum atomic E-state index is 12.6. The lowest BCUT2D eigenvalue weighted by Gasteiger charge is -2.24. The van der Waals surface area contributed by atoms with Crippen molar-refractivity contribution in [1.29, 1.82) is 0 Å². The minimum absolute atomic E-state index is 0.00870. The van der Waals surface area contributed by atoms with Gasteiger partial charge in [0.2, 0.25) is 5.91 Å². The Bertz CT molecular complexity index is 790. The van der Waals surface area contributed by atoms with Crippen molar-refractivity contribution >= 4 is 5.91 Å². The molecule has 0 radical (unpaired) electrons. The molecule has 0 saturated heterocycles. The highest BCUT2D eigenvalue weighted by atomic mass is 16.5. The molecule has 1 amide bonds. The number of carbonyl (C=O) groups is 1. The fourth-order valence-corrected chi connectivity index (χ4v) is 3.52. The standard InChI is InChI=1S/C22H28N2O3/c1-15-10-17-11-20(26-4)18(12-21(17)27-15)14-23-22(25)13-19(24(2)3)16-8-6-5-7-9-16/h5-9,11-12,15,19H,10,13-14H2,1-4H3,(H,23,25)/t15-,19+/m1/s1. The molecule has 1 heterocycles. The molecule has 0 saturated carbocycles. The lowest BCUT2D eigenvalue weighted by Crippen LogP contribution is -2.29. The molecule has 1 aliphatic rings. The number of benzene rings is 2. The van der Waals surface area contributed by atoms with E-state index in [2.05, 4.69) is 29.3 Å². The highest BCUT2D eigenvalue weighted by molar-refractivity contribution is 5.77. The third kappa shape index (κ3) is 4.61. The summed E-state index contributed by atoms with van der Waals surface area (Å²) in [4.78, 5) is 14.6. The van der Waals surface area contributed by atoms with Crippen LogP contribution in [0, 0.1) is 0 Å². The molecule has 5 nitrogen and oxygen atoms in total. The zero-order valence-electron chi connectivity index (χ0n) is 16.5. The summed E-state index contributed by atoms with van der Waals surface area (Å²) in [6.45, 7) is 2.47. The topological polar surface area (TPSA) is 50.8 Å². The molecular formula is C22H28N2O3. The van der Waals surface area contributed by atoms with E-state index in [0.717, 1.165) is 34.6 Å². The van der Waals surface area contributed by atoms with Gasteiger partial charge in [-0.15, -0.1) is 0 Å². The van der Waals surface area contributed by atoms with E-state index >= 15 is 0 Å². The first-order valence-corrected chi connectivity index (χ1v) is 9.32. The molecule has 0 unspecified atom stereocenters. The fourth-order valence-electron chi connectivity index (χ4n) is 3.52. The van der Waals surface area contributed by atoms with E-state index in [-0.39, 0.29) is 18.1 Å². The van der Waals surface area contributed by atoms with Crippen molar-refractivity contribution in [3.8, 4) is 11.5 Å². The average molecular weight is 368 g/mol. The smallest absolute Gasteiger partial charge is 0.222 e. The Balaban J connectivity index is 1.66. The summed E-state index contributed by atoms with van der Waals surface area (Å²) in [7, 11) is 5.64. The van der Waals surface area contributed by atoms with Crippen LogP contribution < -0.4 is 14.8 Å². The lowest BCUT2D eigenvalue weighted by molar-refractivity contribution is -0.122. The van der Waals surface area contributed by atoms with Gasteiger partial charge < -0.3 is 19.7 Å². The van der Waals surface area contributed by atoms with Crippen molar-refractivity contribution in [2.45, 2.75) is 38.5 Å². The molecule has 2 aromatic carbocycles. The van der Waals surface area contributed by atoms with E-state index in [9.17, 15) is 4.79 Å². The first kappa shape index (κ1) is 19.2. The van der Waals surface area contributed by atoms with Gasteiger partial charge in [-0.2, -0.15) is 0 Å². The van der Waals surface area contributed by atoms with Gasteiger partial charge in [-0.3, -0.25) is 4.79 Å². The third-order valence-electron chi connectivity index (χ3n) is 4.96. The molecule has 0 spiro atoms. The number of methoxy groups -OCH3 is 1. The van der Waals surface area contributed by atoms with Crippen LogP contribution in [0.1, 0.15) is 36.1 Å². The number of hydrogen-bond donors (Lipinski definition) is 1. The van der Waals surface area contributed by atoms with Gasteiger partial charge in [0.1, 0.15) is 17.6 Å². The number of rotatable bonds is 7. The maximum absolute atomic E-state index is 12.6. The molecule has 3 rings (SSSR count). The molecule has 27 heavy (non-hydrogen) atoms. The van der Waals surface area contributed by atoms with Gasteiger partial charge in [0.15, 0.2) is 0 Å². The van der Waals surface area contributed by atoms with Crippen molar-refractivity contribution in [2.75, 3.05) is 21.2 Å². The number of nitrogens with zero attached hydrogens (tertiary/aromatic N) is 1. The van der Waals surface area contributed by atoms with Gasteiger partial charge in [-0.25, -0.2) is 0 Å². The van der Waals surface area contributed by atoms with E-state index in [1.807, 2.05) is 44.4 Å². The number of fused-ring (bicyclic) bond motifs is 1. The highest BCUT2D eigenvalue weighted by Crippen LogP contribution is 2.35. The Hall–Kier alpha value is -2.53. The number of hydrogen-bond acceptors (Lipinski definition) is 4. The summed E-state index contributed by atoms with van der Waals surface area (Å²) in [5, 5.41) is 3.03. The minimum Gasteiger partial charge on any atom is -0.496 e. The van der Waals surface area contributed by atoms with Gasteiger partial charge >= 0.3 is 0 Å². The van der Waals surface area contributed by atoms with Gasteiger partial charge in [-0.1, -0.05) is 30.3 Å². The number of nitrogens with one attached hydrogen (secondary N) is 1. The molecule has 0 aromatic heterocycles. The first-order valence-electron chi connectivity index (χ1n) is 9.32. The van der Waals surface area contributed by atoms with E-state index < -0.39 is 0 Å². The summed E-state index contributed by atoms with van der Waals surface area (Å²) < 4.78 is 11.3. The Morgan fingerprint density at radius 2 is 2.04 bits per heavy atom. The second-order valence-corrected chi connectivity index (χ2v) is 7.28. The molecule has 5 heteroatoms. The molecular weight excluding hydrogens is 340 g/mol. The van der Waals surface area contributed by atoms with E-state index in [0.29, 0.717) is 13.0 Å². The second-order valence-electron chi connectivity index (χ2n) is 7.28. The van der Waals surface area contributed by atoms with Gasteiger partial charge in [0.25, 0.3) is 0 Å². The normalized spacial score (nSPS) is 16.6. The summed E-state index contributed by atoms with van der Waals surface area (Å²) in [5.41, 5.74) is 3.22. The Morgan fingerprint density at radius 1 is 1.30 bits per heavy atom. The van der Waals surface area contributed by atoms with Crippen LogP contribution in [0.4, 0.5) is 0 Å². The SMILES string of the molecule is COc1cc2c(cc1CNC(=O)C[C@@H](c1ccccc1)N(C)C)O[C@H](C)C2. The summed E-state index contributed by atoms with van der Waals surface area (Å²) in [5.74, 6) is 1.69. The fraction of sp³-hybridized carbons (Fsp3) is 0.409. The molecule has 0 fully saturated rings. The van der Waals surface area contributed by atoms with Gasteiger partial charge in [0, 0.05) is 36.6 Å². The van der Waals surface area contributed by atoms with Gasteiger partial charge in [0.05, 0.1) is 7.11 Å². The quantitative estimate of drug-likeness (QED) is 0.814. The highest BCUT2D eigenvalue weighted by Gasteiger charge is 2.22. The predicted molar refractivity (Wildman–Crippen MR) is 106 cm³/mol. The Labute approximate surface area is 161 Å². The molecule has 144 valence electrons. The molecule has 0 bridgehead atoms. The third-order valence-corrected chi connectivity index (χ3v) is 4.96. The molecule has 1 N–H and O–H groups in total. The largest absolute Gasteiger partial charge is 0.496 e. The van der Waals surface area contributed by atoms with E-state index in [1.54, 1.807) is 7.11 Å². The zero-order chi connectivity index (χ0) is 19.4. The summed E-state index contributed by atoms with van der Waals surface area (Å²) >= 11 is 0. The monoisotopic (exact) mass is 368 g/mol. The van der Waals surface area contributed by atoms with E-state index in [4.69, 9.17) is 9.47 Å². The van der Waals surface area contributed by atoms with Crippen LogP contribution in [0.5, 0.6) is 11.5 Å². The average Bonchev–Trinajstić information content (AvgIpc) is 3.02. The van der Waals surface area contributed by atoms with Crippen LogP contribution >= 0.6 is 0 Å². The Morgan fingerprint density at radius 3 is 2.70 bits per heavy atom. The van der Waals surface area contributed by atoms with Crippen LogP contribution in [0.2, 0.25) is 0 Å². The lowest BCUT2D eigenvalue weighted by atomic mass is 10.0. The first-order chi connectivity index (χ1) is 13.0. The van der Waals surface area contributed by atoms with Crippen molar-refractivity contribution in [3.63, 3.8) is 0 Å². The van der Waals surface area contributed by atoms with Crippen molar-refractivity contribution in [2.24, 2.45) is 0 Å². The van der Waals surface area contributed by atoms with Gasteiger partial charge in [-0.05, 0) is 38.7 Å². The second kappa shape index (κ2) is 8.44. The van der Waals surface area contributed by atoms with Crippen molar-refractivity contribution < 1.29 is 14.3 Å². The summed E-state index contributed by atoms with van der Waals surface area (Å²) in [6, 6.07) is 14.1. The molecule has 0 aliphatic carbocycles. The predicted octanol–water partition coefficient (Wildman–Crippen LogP) is 3.33. The number of carbonyl (C=O) groups excluding carboxylic acids is 1. The van der Waals surface area contributed by atoms with Crippen molar-refractivity contribution in [3.05, 3.63) is 59.2 Å². The van der Waals surface area contributed by atoms with Crippen molar-refractivity contribution in [1.82, 2.24) is 10.2 Å². The maximum Gasteiger partial charge on any atom is 0.222 e. The van der Waals surface area contributed by atoms with Crippen LogP contribution in [0.25, 0.3) is 0 Å². The number of amides is 1. The Kier molecular flexibility index (Phi) is 6.01. The molecule has 1 aliphatic heterocycles. The van der Waals surface area contributed by atoms with Crippen LogP contribution in [0.15, 0.2) is 42.5 Å².